The molecule has 0 amide bonds. The van der Waals surface area contributed by atoms with Crippen molar-refractivity contribution in [3.05, 3.63) is 152 Å². The zero-order valence-electron chi connectivity index (χ0n) is 24.7. The second kappa shape index (κ2) is 9.83. The van der Waals surface area contributed by atoms with Gasteiger partial charge in [-0.2, -0.15) is 0 Å². The lowest BCUT2D eigenvalue weighted by molar-refractivity contribution is 1.02. The second-order valence-corrected chi connectivity index (χ2v) is 12.8. The van der Waals surface area contributed by atoms with Crippen LogP contribution in [0.25, 0.3) is 92.0 Å². The van der Waals surface area contributed by atoms with E-state index < -0.39 is 0 Å². The van der Waals surface area contributed by atoms with Crippen LogP contribution in [0.5, 0.6) is 0 Å². The average Bonchev–Trinajstić information content (AvgIpc) is 3.68. The van der Waals surface area contributed by atoms with Gasteiger partial charge in [0.25, 0.3) is 0 Å². The minimum absolute atomic E-state index is 0.670. The first-order valence-corrected chi connectivity index (χ1v) is 16.3. The number of hydrogen-bond acceptors (Lipinski definition) is 3. The van der Waals surface area contributed by atoms with Crippen molar-refractivity contribution in [2.45, 2.75) is 0 Å². The van der Waals surface area contributed by atoms with Gasteiger partial charge in [0.2, 0.25) is 5.95 Å². The van der Waals surface area contributed by atoms with Crippen molar-refractivity contribution in [2.75, 3.05) is 0 Å². The minimum Gasteiger partial charge on any atom is -0.277 e. The summed E-state index contributed by atoms with van der Waals surface area (Å²) in [6.45, 7) is 0. The first-order chi connectivity index (χ1) is 22.8. The Labute approximate surface area is 268 Å². The Morgan fingerprint density at radius 2 is 1.11 bits per heavy atom. The van der Waals surface area contributed by atoms with Crippen LogP contribution in [0.15, 0.2) is 152 Å². The van der Waals surface area contributed by atoms with E-state index in [1.807, 2.05) is 17.4 Å². The second-order valence-electron chi connectivity index (χ2n) is 11.8. The Morgan fingerprint density at radius 1 is 0.435 bits per heavy atom. The van der Waals surface area contributed by atoms with E-state index in [2.05, 4.69) is 150 Å². The van der Waals surface area contributed by atoms with Crippen molar-refractivity contribution in [1.82, 2.24) is 14.5 Å². The molecule has 0 atom stereocenters. The normalized spacial score (nSPS) is 11.9. The van der Waals surface area contributed by atoms with Gasteiger partial charge in [-0.25, -0.2) is 9.97 Å². The van der Waals surface area contributed by atoms with Gasteiger partial charge >= 0.3 is 0 Å². The molecular formula is C42H25N3S. The average molecular weight is 604 g/mol. The molecule has 0 aliphatic carbocycles. The summed E-state index contributed by atoms with van der Waals surface area (Å²) in [5.41, 5.74) is 7.55. The topological polar surface area (TPSA) is 30.7 Å². The van der Waals surface area contributed by atoms with Crippen LogP contribution >= 0.6 is 11.3 Å². The molecule has 10 rings (SSSR count). The fourth-order valence-corrected chi connectivity index (χ4v) is 8.36. The Hall–Kier alpha value is -5.84. The number of hydrogen-bond donors (Lipinski definition) is 0. The highest BCUT2D eigenvalue weighted by atomic mass is 32.1. The number of thiophene rings is 1. The number of benzene rings is 7. The molecule has 4 heteroatoms. The van der Waals surface area contributed by atoms with Crippen LogP contribution in [0.1, 0.15) is 0 Å². The summed E-state index contributed by atoms with van der Waals surface area (Å²) < 4.78 is 4.92. The van der Waals surface area contributed by atoms with Crippen LogP contribution < -0.4 is 0 Å². The van der Waals surface area contributed by atoms with Crippen LogP contribution in [0, 0.1) is 0 Å². The van der Waals surface area contributed by atoms with Gasteiger partial charge in [0.1, 0.15) is 0 Å². The van der Waals surface area contributed by atoms with E-state index in [1.54, 1.807) is 0 Å². The van der Waals surface area contributed by atoms with Crippen LogP contribution in [-0.2, 0) is 0 Å². The maximum absolute atomic E-state index is 5.41. The zero-order valence-corrected chi connectivity index (χ0v) is 25.5. The van der Waals surface area contributed by atoms with Crippen LogP contribution in [0.3, 0.4) is 0 Å². The lowest BCUT2D eigenvalue weighted by atomic mass is 9.97. The predicted octanol–water partition coefficient (Wildman–Crippen LogP) is 11.6. The van der Waals surface area contributed by atoms with E-state index in [1.165, 1.54) is 52.8 Å². The van der Waals surface area contributed by atoms with E-state index in [-0.39, 0.29) is 0 Å². The van der Waals surface area contributed by atoms with Crippen molar-refractivity contribution in [2.24, 2.45) is 0 Å². The van der Waals surface area contributed by atoms with Gasteiger partial charge in [-0.15, -0.1) is 11.3 Å². The molecule has 0 bridgehead atoms. The third-order valence-electron chi connectivity index (χ3n) is 9.21. The molecule has 0 radical (unpaired) electrons. The van der Waals surface area contributed by atoms with Crippen LogP contribution in [0.4, 0.5) is 0 Å². The monoisotopic (exact) mass is 603 g/mol. The zero-order chi connectivity index (χ0) is 30.2. The van der Waals surface area contributed by atoms with Crippen molar-refractivity contribution < 1.29 is 0 Å². The number of fused-ring (bicyclic) bond motifs is 9. The highest BCUT2D eigenvalue weighted by Gasteiger charge is 2.22. The quantitative estimate of drug-likeness (QED) is 0.201. The van der Waals surface area contributed by atoms with E-state index in [0.717, 1.165) is 33.2 Å². The highest BCUT2D eigenvalue weighted by Crippen LogP contribution is 2.45. The van der Waals surface area contributed by atoms with Gasteiger partial charge in [0, 0.05) is 52.8 Å². The molecule has 0 unspecified atom stereocenters. The van der Waals surface area contributed by atoms with E-state index in [9.17, 15) is 0 Å². The Kier molecular flexibility index (Phi) is 5.45. The Balaban J connectivity index is 1.41. The fourth-order valence-electron chi connectivity index (χ4n) is 7.22. The van der Waals surface area contributed by atoms with E-state index in [0.29, 0.717) is 5.95 Å². The summed E-state index contributed by atoms with van der Waals surface area (Å²) in [6, 6.07) is 54.1. The van der Waals surface area contributed by atoms with Crippen LogP contribution in [-0.4, -0.2) is 14.5 Å². The molecule has 3 nitrogen and oxygen atoms in total. The third-order valence-corrected chi connectivity index (χ3v) is 10.3. The largest absolute Gasteiger partial charge is 0.277 e. The fraction of sp³-hybridized carbons (Fsp3) is 0. The molecule has 0 aliphatic heterocycles. The van der Waals surface area contributed by atoms with Gasteiger partial charge in [0.05, 0.1) is 22.2 Å². The predicted molar refractivity (Wildman–Crippen MR) is 195 cm³/mol. The molecule has 3 heterocycles. The molecular weight excluding hydrogens is 579 g/mol. The summed E-state index contributed by atoms with van der Waals surface area (Å²) in [7, 11) is 0. The standard InChI is InChI=1S/C42H25N3S/c1-2-13-27(14-3-1)39-33-16-6-8-21-35(33)43-42(44-39)45-40-28-15-5-4-12-26(28)24-25-32(40)31-20-10-19-30(41(31)45)29-18-11-23-37-38(29)34-17-7-9-22-36(34)46-37/h1-25H. The summed E-state index contributed by atoms with van der Waals surface area (Å²) in [4.78, 5) is 10.7. The maximum Gasteiger partial charge on any atom is 0.235 e. The van der Waals surface area contributed by atoms with Gasteiger partial charge < -0.3 is 0 Å². The molecule has 0 N–H and O–H groups in total. The van der Waals surface area contributed by atoms with Crippen molar-refractivity contribution in [3.8, 4) is 28.3 Å². The number of rotatable bonds is 3. The van der Waals surface area contributed by atoms with Gasteiger partial charge in [0.15, 0.2) is 0 Å². The Bertz CT molecular complexity index is 2810. The first-order valence-electron chi connectivity index (χ1n) is 15.5. The summed E-state index contributed by atoms with van der Waals surface area (Å²) in [5.74, 6) is 0.670. The molecule has 7 aromatic carbocycles. The Morgan fingerprint density at radius 3 is 2.02 bits per heavy atom. The first kappa shape index (κ1) is 25.5. The minimum atomic E-state index is 0.670. The van der Waals surface area contributed by atoms with Crippen LogP contribution in [0.2, 0.25) is 0 Å². The highest BCUT2D eigenvalue weighted by molar-refractivity contribution is 7.25. The van der Waals surface area contributed by atoms with E-state index >= 15 is 0 Å². The molecule has 0 spiro atoms. The smallest absolute Gasteiger partial charge is 0.235 e. The molecule has 214 valence electrons. The lowest BCUT2D eigenvalue weighted by Crippen LogP contribution is -2.04. The summed E-state index contributed by atoms with van der Waals surface area (Å²) in [5, 5.41) is 8.37. The summed E-state index contributed by atoms with van der Waals surface area (Å²) >= 11 is 1.85. The summed E-state index contributed by atoms with van der Waals surface area (Å²) in [6.07, 6.45) is 0. The molecule has 0 fully saturated rings. The number of para-hydroxylation sites is 2. The molecule has 10 aromatic rings. The number of nitrogens with zero attached hydrogens (tertiary/aromatic N) is 3. The molecule has 0 saturated carbocycles. The van der Waals surface area contributed by atoms with E-state index in [4.69, 9.17) is 9.97 Å². The van der Waals surface area contributed by atoms with Crippen molar-refractivity contribution >= 4 is 75.0 Å². The van der Waals surface area contributed by atoms with Crippen molar-refractivity contribution in [3.63, 3.8) is 0 Å². The lowest BCUT2D eigenvalue weighted by Gasteiger charge is -2.14. The third kappa shape index (κ3) is 3.65. The van der Waals surface area contributed by atoms with Gasteiger partial charge in [-0.05, 0) is 29.1 Å². The van der Waals surface area contributed by atoms with Gasteiger partial charge in [-0.3, -0.25) is 4.57 Å². The molecule has 0 saturated heterocycles. The molecule has 0 aliphatic rings. The molecule has 46 heavy (non-hydrogen) atoms. The maximum atomic E-state index is 5.41. The molecule has 3 aromatic heterocycles. The number of aromatic nitrogens is 3. The SMILES string of the molecule is c1ccc(-c2nc(-n3c4c(-c5cccc6sc7ccccc7c56)cccc4c4ccc5ccccc5c43)nc3ccccc23)cc1. The van der Waals surface area contributed by atoms with Gasteiger partial charge in [-0.1, -0.05) is 133 Å². The van der Waals surface area contributed by atoms with Crippen molar-refractivity contribution in [1.29, 1.82) is 0 Å².